The molecular weight excluding hydrogens is 285 g/mol. The lowest BCUT2D eigenvalue weighted by Gasteiger charge is -2.14. The molecule has 0 saturated carbocycles. The van der Waals surface area contributed by atoms with E-state index in [2.05, 4.69) is 4.72 Å². The fourth-order valence-electron chi connectivity index (χ4n) is 2.28. The van der Waals surface area contributed by atoms with Crippen molar-refractivity contribution in [3.63, 3.8) is 0 Å². The van der Waals surface area contributed by atoms with Gasteiger partial charge < -0.3 is 15.4 Å². The third-order valence-electron chi connectivity index (χ3n) is 3.27. The van der Waals surface area contributed by atoms with E-state index in [1.54, 1.807) is 0 Å². The molecule has 1 aromatic carbocycles. The molecule has 0 amide bonds. The Morgan fingerprint density at radius 2 is 2.20 bits per heavy atom. The molecule has 8 heteroatoms. The number of halogens is 1. The summed E-state index contributed by atoms with van der Waals surface area (Å²) >= 11 is 0. The van der Waals surface area contributed by atoms with Crippen LogP contribution >= 0.6 is 0 Å². The highest BCUT2D eigenvalue weighted by Crippen LogP contribution is 2.28. The second-order valence-electron chi connectivity index (χ2n) is 4.90. The molecule has 20 heavy (non-hydrogen) atoms. The minimum Gasteiger partial charge on any atom is -0.492 e. The zero-order valence-electron chi connectivity index (χ0n) is 11.4. The lowest BCUT2D eigenvalue weighted by Crippen LogP contribution is -2.36. The van der Waals surface area contributed by atoms with Crippen molar-refractivity contribution in [1.82, 2.24) is 9.62 Å². The third kappa shape index (κ3) is 3.02. The molecule has 1 fully saturated rings. The lowest BCUT2D eigenvalue weighted by atomic mass is 10.3. The van der Waals surface area contributed by atoms with Gasteiger partial charge in [-0.05, 0) is 32.1 Å². The Balaban J connectivity index is 2.26. The molecule has 1 aliphatic heterocycles. The standard InChI is InChI=1S/C12H18FN3O3S/c1-16-4-3-8(7-16)15-20(17,18)9-5-10(13)12(19-2)11(14)6-9/h5-6,8,15H,3-4,7,14H2,1-2H3. The summed E-state index contributed by atoms with van der Waals surface area (Å²) in [5.41, 5.74) is 5.55. The fraction of sp³-hybridized carbons (Fsp3) is 0.500. The first kappa shape index (κ1) is 15.0. The van der Waals surface area contributed by atoms with Crippen LogP contribution in [-0.2, 0) is 10.0 Å². The molecular formula is C12H18FN3O3S. The molecule has 1 saturated heterocycles. The Labute approximate surface area is 117 Å². The average molecular weight is 303 g/mol. The number of ether oxygens (including phenoxy) is 1. The van der Waals surface area contributed by atoms with Crippen LogP contribution in [0.5, 0.6) is 5.75 Å². The quantitative estimate of drug-likeness (QED) is 0.787. The number of nitrogen functional groups attached to an aromatic ring is 1. The Hall–Kier alpha value is -1.38. The number of anilines is 1. The van der Waals surface area contributed by atoms with Gasteiger partial charge in [0.1, 0.15) is 0 Å². The predicted molar refractivity (Wildman–Crippen MR) is 73.6 cm³/mol. The highest BCUT2D eigenvalue weighted by molar-refractivity contribution is 7.89. The summed E-state index contributed by atoms with van der Waals surface area (Å²) < 4.78 is 45.5. The average Bonchev–Trinajstić information content (AvgIpc) is 2.73. The van der Waals surface area contributed by atoms with Crippen LogP contribution in [0.15, 0.2) is 17.0 Å². The van der Waals surface area contributed by atoms with Crippen LogP contribution in [0.25, 0.3) is 0 Å². The van der Waals surface area contributed by atoms with Crippen molar-refractivity contribution < 1.29 is 17.5 Å². The van der Waals surface area contributed by atoms with Crippen LogP contribution in [0, 0.1) is 5.82 Å². The summed E-state index contributed by atoms with van der Waals surface area (Å²) in [5, 5.41) is 0. The van der Waals surface area contributed by atoms with Gasteiger partial charge in [-0.2, -0.15) is 0 Å². The number of nitrogens with one attached hydrogen (secondary N) is 1. The van der Waals surface area contributed by atoms with Gasteiger partial charge in [0.25, 0.3) is 0 Å². The Morgan fingerprint density at radius 3 is 2.70 bits per heavy atom. The highest BCUT2D eigenvalue weighted by Gasteiger charge is 2.26. The van der Waals surface area contributed by atoms with Crippen LogP contribution in [0.2, 0.25) is 0 Å². The van der Waals surface area contributed by atoms with Crippen LogP contribution in [0.1, 0.15) is 6.42 Å². The normalized spacial score (nSPS) is 20.2. The number of hydrogen-bond donors (Lipinski definition) is 2. The number of rotatable bonds is 4. The fourth-order valence-corrected chi connectivity index (χ4v) is 3.59. The number of hydrogen-bond acceptors (Lipinski definition) is 5. The molecule has 6 nitrogen and oxygen atoms in total. The van der Waals surface area contributed by atoms with Gasteiger partial charge in [0.15, 0.2) is 11.6 Å². The predicted octanol–water partition coefficient (Wildman–Crippen LogP) is 0.399. The monoisotopic (exact) mass is 303 g/mol. The van der Waals surface area contributed by atoms with E-state index in [0.29, 0.717) is 6.54 Å². The van der Waals surface area contributed by atoms with E-state index in [1.165, 1.54) is 13.2 Å². The van der Waals surface area contributed by atoms with E-state index >= 15 is 0 Å². The summed E-state index contributed by atoms with van der Waals surface area (Å²) in [6.45, 7) is 1.46. The van der Waals surface area contributed by atoms with Crippen molar-refractivity contribution in [2.75, 3.05) is 33.0 Å². The first-order valence-electron chi connectivity index (χ1n) is 6.17. The smallest absolute Gasteiger partial charge is 0.241 e. The van der Waals surface area contributed by atoms with Gasteiger partial charge >= 0.3 is 0 Å². The van der Waals surface area contributed by atoms with Gasteiger partial charge in [-0.25, -0.2) is 17.5 Å². The van der Waals surface area contributed by atoms with Gasteiger partial charge in [0.05, 0.1) is 17.7 Å². The van der Waals surface area contributed by atoms with Gasteiger partial charge in [-0.3, -0.25) is 0 Å². The molecule has 1 heterocycles. The van der Waals surface area contributed by atoms with Crippen LogP contribution in [0.4, 0.5) is 10.1 Å². The van der Waals surface area contributed by atoms with E-state index in [0.717, 1.165) is 19.0 Å². The SMILES string of the molecule is COc1c(N)cc(S(=O)(=O)NC2CCN(C)C2)cc1F. The van der Waals surface area contributed by atoms with Crippen molar-refractivity contribution in [3.8, 4) is 5.75 Å². The molecule has 0 aromatic heterocycles. The van der Waals surface area contributed by atoms with Gasteiger partial charge in [0.2, 0.25) is 10.0 Å². The number of benzene rings is 1. The summed E-state index contributed by atoms with van der Waals surface area (Å²) in [7, 11) is -0.600. The Kier molecular flexibility index (Phi) is 4.17. The molecule has 2 rings (SSSR count). The lowest BCUT2D eigenvalue weighted by molar-refractivity contribution is 0.388. The molecule has 0 bridgehead atoms. The van der Waals surface area contributed by atoms with Crippen LogP contribution in [0.3, 0.4) is 0 Å². The number of likely N-dealkylation sites (tertiary alicyclic amines) is 1. The summed E-state index contributed by atoms with van der Waals surface area (Å²) in [4.78, 5) is 1.83. The summed E-state index contributed by atoms with van der Waals surface area (Å²) in [5.74, 6) is -0.944. The maximum Gasteiger partial charge on any atom is 0.241 e. The summed E-state index contributed by atoms with van der Waals surface area (Å²) in [6.07, 6.45) is 0.726. The number of nitrogens with zero attached hydrogens (tertiary/aromatic N) is 1. The maximum atomic E-state index is 13.7. The van der Waals surface area contributed by atoms with Crippen molar-refractivity contribution in [2.24, 2.45) is 0 Å². The number of likely N-dealkylation sites (N-methyl/N-ethyl adjacent to an activating group) is 1. The van der Waals surface area contributed by atoms with Gasteiger partial charge in [-0.1, -0.05) is 0 Å². The molecule has 0 radical (unpaired) electrons. The van der Waals surface area contributed by atoms with E-state index in [-0.39, 0.29) is 22.4 Å². The van der Waals surface area contributed by atoms with Crippen molar-refractivity contribution >= 4 is 15.7 Å². The highest BCUT2D eigenvalue weighted by atomic mass is 32.2. The minimum atomic E-state index is -3.79. The number of sulfonamides is 1. The Bertz CT molecular complexity index is 583. The summed E-state index contributed by atoms with van der Waals surface area (Å²) in [6, 6.07) is 1.94. The number of nitrogens with two attached hydrogens (primary N) is 1. The molecule has 1 aromatic rings. The zero-order chi connectivity index (χ0) is 14.9. The molecule has 0 aliphatic carbocycles. The minimum absolute atomic E-state index is 0.0450. The molecule has 0 spiro atoms. The molecule has 1 atom stereocenters. The zero-order valence-corrected chi connectivity index (χ0v) is 12.2. The van der Waals surface area contributed by atoms with Crippen LogP contribution < -0.4 is 15.2 Å². The maximum absolute atomic E-state index is 13.7. The first-order valence-corrected chi connectivity index (χ1v) is 7.65. The first-order chi connectivity index (χ1) is 9.33. The second-order valence-corrected chi connectivity index (χ2v) is 6.61. The number of methoxy groups -OCH3 is 1. The molecule has 3 N–H and O–H groups in total. The Morgan fingerprint density at radius 1 is 1.50 bits per heavy atom. The van der Waals surface area contributed by atoms with Gasteiger partial charge in [-0.15, -0.1) is 0 Å². The molecule has 1 unspecified atom stereocenters. The third-order valence-corrected chi connectivity index (χ3v) is 4.77. The van der Waals surface area contributed by atoms with E-state index in [1.807, 2.05) is 11.9 Å². The van der Waals surface area contributed by atoms with Crippen molar-refractivity contribution in [2.45, 2.75) is 17.4 Å². The second kappa shape index (κ2) is 5.55. The molecule has 112 valence electrons. The molecule has 1 aliphatic rings. The van der Waals surface area contributed by atoms with Crippen molar-refractivity contribution in [3.05, 3.63) is 17.9 Å². The van der Waals surface area contributed by atoms with Crippen molar-refractivity contribution in [1.29, 1.82) is 0 Å². The van der Waals surface area contributed by atoms with E-state index in [9.17, 15) is 12.8 Å². The van der Waals surface area contributed by atoms with E-state index in [4.69, 9.17) is 10.5 Å². The topological polar surface area (TPSA) is 84.7 Å². The van der Waals surface area contributed by atoms with Gasteiger partial charge in [0, 0.05) is 12.6 Å². The largest absolute Gasteiger partial charge is 0.492 e. The van der Waals surface area contributed by atoms with E-state index < -0.39 is 15.8 Å². The van der Waals surface area contributed by atoms with Crippen LogP contribution in [-0.4, -0.2) is 46.6 Å².